The third kappa shape index (κ3) is 2.94. The van der Waals surface area contributed by atoms with Crippen LogP contribution in [0.25, 0.3) is 0 Å². The maximum atomic E-state index is 12.6. The van der Waals surface area contributed by atoms with E-state index in [2.05, 4.69) is 31.1 Å². The van der Waals surface area contributed by atoms with Gasteiger partial charge in [-0.2, -0.15) is 0 Å². The van der Waals surface area contributed by atoms with Gasteiger partial charge in [-0.15, -0.1) is 0 Å². The molecule has 4 nitrogen and oxygen atoms in total. The minimum Gasteiger partial charge on any atom is -0.373 e. The minimum absolute atomic E-state index is 0.0725. The van der Waals surface area contributed by atoms with Crippen molar-refractivity contribution < 1.29 is 4.79 Å². The number of nitrogens with one attached hydrogen (secondary N) is 1. The quantitative estimate of drug-likeness (QED) is 0.922. The van der Waals surface area contributed by atoms with E-state index in [-0.39, 0.29) is 11.3 Å². The molecule has 1 amide bonds. The third-order valence-electron chi connectivity index (χ3n) is 4.04. The van der Waals surface area contributed by atoms with Crippen LogP contribution in [-0.4, -0.2) is 35.9 Å². The van der Waals surface area contributed by atoms with E-state index >= 15 is 0 Å². The van der Waals surface area contributed by atoms with Gasteiger partial charge in [0.05, 0.1) is 0 Å². The smallest absolute Gasteiger partial charge is 0.254 e. The summed E-state index contributed by atoms with van der Waals surface area (Å²) in [5.41, 5.74) is 1.59. The molecule has 2 rings (SSSR count). The van der Waals surface area contributed by atoms with Gasteiger partial charge in [0, 0.05) is 36.8 Å². The molecule has 1 aliphatic rings. The number of pyridine rings is 1. The standard InChI is InChI=1S/C16H25N3O/c1-16(2,3)13-9-11(10-14(17-4)18-13)15(20)19(5)12-7-6-8-12/h9-10,12H,6-8H2,1-5H3,(H,17,18). The average molecular weight is 275 g/mol. The molecule has 1 aliphatic carbocycles. The molecule has 1 aromatic heterocycles. The van der Waals surface area contributed by atoms with Crippen LogP contribution in [0.2, 0.25) is 0 Å². The van der Waals surface area contributed by atoms with Crippen LogP contribution in [0.4, 0.5) is 5.82 Å². The number of rotatable bonds is 3. The Bertz CT molecular complexity index is 501. The Morgan fingerprint density at radius 2 is 2.00 bits per heavy atom. The van der Waals surface area contributed by atoms with Crippen molar-refractivity contribution in [2.75, 3.05) is 19.4 Å². The number of carbonyl (C=O) groups excluding carboxylic acids is 1. The van der Waals surface area contributed by atoms with Crippen molar-refractivity contribution in [3.8, 4) is 0 Å². The molecule has 1 N–H and O–H groups in total. The second kappa shape index (κ2) is 5.43. The van der Waals surface area contributed by atoms with Crippen molar-refractivity contribution in [1.29, 1.82) is 0 Å². The fourth-order valence-corrected chi connectivity index (χ4v) is 2.31. The molecular formula is C16H25N3O. The third-order valence-corrected chi connectivity index (χ3v) is 4.04. The highest BCUT2D eigenvalue weighted by Gasteiger charge is 2.27. The normalized spacial score (nSPS) is 15.7. The van der Waals surface area contributed by atoms with Crippen molar-refractivity contribution in [2.24, 2.45) is 0 Å². The predicted octanol–water partition coefficient (Wildman–Crippen LogP) is 3.05. The summed E-state index contributed by atoms with van der Waals surface area (Å²) < 4.78 is 0. The Labute approximate surface area is 121 Å². The van der Waals surface area contributed by atoms with Gasteiger partial charge in [-0.05, 0) is 31.4 Å². The van der Waals surface area contributed by atoms with Crippen LogP contribution in [0, 0.1) is 0 Å². The second-order valence-electron chi connectivity index (χ2n) is 6.63. The summed E-state index contributed by atoms with van der Waals surface area (Å²) in [5.74, 6) is 0.849. The number of anilines is 1. The summed E-state index contributed by atoms with van der Waals surface area (Å²) >= 11 is 0. The molecule has 0 radical (unpaired) electrons. The minimum atomic E-state index is -0.0725. The maximum absolute atomic E-state index is 12.6. The van der Waals surface area contributed by atoms with Crippen molar-refractivity contribution >= 4 is 11.7 Å². The van der Waals surface area contributed by atoms with Gasteiger partial charge in [0.25, 0.3) is 5.91 Å². The highest BCUT2D eigenvalue weighted by atomic mass is 16.2. The van der Waals surface area contributed by atoms with Gasteiger partial charge in [0.2, 0.25) is 0 Å². The number of nitrogens with zero attached hydrogens (tertiary/aromatic N) is 2. The SMILES string of the molecule is CNc1cc(C(=O)N(C)C2CCC2)cc(C(C)(C)C)n1. The summed E-state index contributed by atoms with van der Waals surface area (Å²) in [5, 5.41) is 3.05. The average Bonchev–Trinajstić information content (AvgIpc) is 2.34. The molecule has 0 aromatic carbocycles. The number of carbonyl (C=O) groups is 1. The number of aromatic nitrogens is 1. The highest BCUT2D eigenvalue weighted by molar-refractivity contribution is 5.95. The molecule has 1 fully saturated rings. The largest absolute Gasteiger partial charge is 0.373 e. The van der Waals surface area contributed by atoms with E-state index in [1.54, 1.807) is 0 Å². The van der Waals surface area contributed by atoms with Crippen LogP contribution in [0.5, 0.6) is 0 Å². The van der Waals surface area contributed by atoms with E-state index in [0.29, 0.717) is 6.04 Å². The molecule has 4 heteroatoms. The van der Waals surface area contributed by atoms with Gasteiger partial charge in [-0.25, -0.2) is 4.98 Å². The van der Waals surface area contributed by atoms with Crippen molar-refractivity contribution in [1.82, 2.24) is 9.88 Å². The van der Waals surface area contributed by atoms with Crippen LogP contribution in [-0.2, 0) is 5.41 Å². The maximum Gasteiger partial charge on any atom is 0.254 e. The van der Waals surface area contributed by atoms with Gasteiger partial charge in [0.15, 0.2) is 0 Å². The van der Waals surface area contributed by atoms with E-state index in [9.17, 15) is 4.79 Å². The van der Waals surface area contributed by atoms with Crippen molar-refractivity contribution in [3.63, 3.8) is 0 Å². The Balaban J connectivity index is 2.32. The molecule has 0 bridgehead atoms. The van der Waals surface area contributed by atoms with Gasteiger partial charge in [-0.1, -0.05) is 20.8 Å². The zero-order valence-electron chi connectivity index (χ0n) is 13.2. The lowest BCUT2D eigenvalue weighted by molar-refractivity contribution is 0.0652. The molecule has 110 valence electrons. The monoisotopic (exact) mass is 275 g/mol. The first-order chi connectivity index (χ1) is 9.32. The molecule has 1 heterocycles. The van der Waals surface area contributed by atoms with E-state index < -0.39 is 0 Å². The molecule has 0 unspecified atom stereocenters. The summed E-state index contributed by atoms with van der Waals surface area (Å²) in [6.07, 6.45) is 3.48. The van der Waals surface area contributed by atoms with Gasteiger partial charge in [0.1, 0.15) is 5.82 Å². The lowest BCUT2D eigenvalue weighted by Gasteiger charge is -2.35. The van der Waals surface area contributed by atoms with E-state index in [1.165, 1.54) is 6.42 Å². The molecule has 0 atom stereocenters. The van der Waals surface area contributed by atoms with Gasteiger partial charge in [-0.3, -0.25) is 4.79 Å². The lowest BCUT2D eigenvalue weighted by Crippen LogP contribution is -2.41. The first-order valence-electron chi connectivity index (χ1n) is 7.30. The lowest BCUT2D eigenvalue weighted by atomic mass is 9.89. The number of hydrogen-bond acceptors (Lipinski definition) is 3. The number of amides is 1. The molecule has 1 saturated carbocycles. The van der Waals surface area contributed by atoms with Crippen LogP contribution in [0.15, 0.2) is 12.1 Å². The zero-order valence-corrected chi connectivity index (χ0v) is 13.2. The van der Waals surface area contributed by atoms with E-state index in [1.807, 2.05) is 31.1 Å². The first kappa shape index (κ1) is 14.8. The zero-order chi connectivity index (χ0) is 14.9. The Hall–Kier alpha value is -1.58. The first-order valence-corrected chi connectivity index (χ1v) is 7.30. The fourth-order valence-electron chi connectivity index (χ4n) is 2.31. The van der Waals surface area contributed by atoms with Crippen LogP contribution in [0.1, 0.15) is 56.1 Å². The van der Waals surface area contributed by atoms with Crippen molar-refractivity contribution in [2.45, 2.75) is 51.5 Å². The summed E-state index contributed by atoms with van der Waals surface area (Å²) in [4.78, 5) is 19.0. The van der Waals surface area contributed by atoms with Crippen LogP contribution in [0.3, 0.4) is 0 Å². The Morgan fingerprint density at radius 1 is 1.35 bits per heavy atom. The van der Waals surface area contributed by atoms with Gasteiger partial charge >= 0.3 is 0 Å². The topological polar surface area (TPSA) is 45.2 Å². The van der Waals surface area contributed by atoms with E-state index in [4.69, 9.17) is 0 Å². The molecule has 0 spiro atoms. The van der Waals surface area contributed by atoms with Gasteiger partial charge < -0.3 is 10.2 Å². The molecule has 1 aromatic rings. The summed E-state index contributed by atoms with van der Waals surface area (Å²) in [6, 6.07) is 4.18. The molecule has 0 aliphatic heterocycles. The highest BCUT2D eigenvalue weighted by Crippen LogP contribution is 2.27. The summed E-state index contributed by atoms with van der Waals surface area (Å²) in [6.45, 7) is 6.33. The van der Waals surface area contributed by atoms with E-state index in [0.717, 1.165) is 29.9 Å². The second-order valence-corrected chi connectivity index (χ2v) is 6.63. The van der Waals surface area contributed by atoms with Crippen LogP contribution >= 0.6 is 0 Å². The molecule has 20 heavy (non-hydrogen) atoms. The van der Waals surface area contributed by atoms with Crippen molar-refractivity contribution in [3.05, 3.63) is 23.4 Å². The molecular weight excluding hydrogens is 250 g/mol. The predicted molar refractivity (Wildman–Crippen MR) is 82.2 cm³/mol. The fraction of sp³-hybridized carbons (Fsp3) is 0.625. The summed E-state index contributed by atoms with van der Waals surface area (Å²) in [7, 11) is 3.74. The Morgan fingerprint density at radius 3 is 2.45 bits per heavy atom. The van der Waals surface area contributed by atoms with Crippen LogP contribution < -0.4 is 5.32 Å². The molecule has 0 saturated heterocycles. The number of hydrogen-bond donors (Lipinski definition) is 1. The Kier molecular flexibility index (Phi) is 4.02.